The summed E-state index contributed by atoms with van der Waals surface area (Å²) >= 11 is 0. The zero-order valence-electron chi connectivity index (χ0n) is 13.3. The smallest absolute Gasteiger partial charge is 0.191 e. The van der Waals surface area contributed by atoms with Gasteiger partial charge < -0.3 is 15.7 Å². The Kier molecular flexibility index (Phi) is 9.12. The highest BCUT2D eigenvalue weighted by Crippen LogP contribution is 2.11. The largest absolute Gasteiger partial charge is 0.508 e. The van der Waals surface area contributed by atoms with Crippen LogP contribution in [-0.4, -0.2) is 24.2 Å². The summed E-state index contributed by atoms with van der Waals surface area (Å²) in [5.74, 6) is 1.07. The van der Waals surface area contributed by atoms with Gasteiger partial charge in [0, 0.05) is 13.1 Å². The number of rotatable bonds is 6. The fourth-order valence-electron chi connectivity index (χ4n) is 2.14. The first-order chi connectivity index (χ1) is 10.8. The van der Waals surface area contributed by atoms with Crippen LogP contribution in [0.25, 0.3) is 0 Å². The van der Waals surface area contributed by atoms with E-state index >= 15 is 0 Å². The lowest BCUT2D eigenvalue weighted by molar-refractivity contribution is 0.474. The molecular weight excluding hydrogens is 401 g/mol. The van der Waals surface area contributed by atoms with E-state index in [1.807, 2.05) is 25.1 Å². The Morgan fingerprint density at radius 2 is 1.74 bits per heavy atom. The molecule has 124 valence electrons. The van der Waals surface area contributed by atoms with E-state index in [0.29, 0.717) is 6.54 Å². The van der Waals surface area contributed by atoms with Crippen LogP contribution in [0.4, 0.5) is 0 Å². The molecule has 0 aliphatic carbocycles. The minimum atomic E-state index is 0. The summed E-state index contributed by atoms with van der Waals surface area (Å²) in [5, 5.41) is 16.0. The lowest BCUT2D eigenvalue weighted by Crippen LogP contribution is -2.38. The van der Waals surface area contributed by atoms with Crippen LogP contribution >= 0.6 is 24.0 Å². The minimum absolute atomic E-state index is 0. The van der Waals surface area contributed by atoms with Gasteiger partial charge in [-0.15, -0.1) is 24.0 Å². The van der Waals surface area contributed by atoms with Crippen molar-refractivity contribution in [3.63, 3.8) is 0 Å². The molecule has 0 saturated heterocycles. The monoisotopic (exact) mass is 425 g/mol. The molecular formula is C18H24IN3O. The van der Waals surface area contributed by atoms with E-state index in [9.17, 15) is 5.11 Å². The molecule has 0 atom stereocenters. The Balaban J connectivity index is 0.00000264. The maximum Gasteiger partial charge on any atom is 0.191 e. The van der Waals surface area contributed by atoms with Gasteiger partial charge in [0.1, 0.15) is 5.75 Å². The standard InChI is InChI=1S/C18H23N3O.HI/c1-2-19-18(20-12-11-15-7-4-3-5-8-15)21-14-16-9-6-10-17(22)13-16;/h3-10,13,22H,2,11-12,14H2,1H3,(H2,19,20,21);1H. The summed E-state index contributed by atoms with van der Waals surface area (Å²) in [6.07, 6.45) is 0.956. The molecule has 23 heavy (non-hydrogen) atoms. The average molecular weight is 425 g/mol. The molecule has 0 heterocycles. The lowest BCUT2D eigenvalue weighted by atomic mass is 10.1. The van der Waals surface area contributed by atoms with E-state index < -0.39 is 0 Å². The molecule has 0 aliphatic heterocycles. The van der Waals surface area contributed by atoms with Crippen molar-refractivity contribution in [2.45, 2.75) is 19.9 Å². The first kappa shape index (κ1) is 19.3. The highest BCUT2D eigenvalue weighted by molar-refractivity contribution is 14.0. The van der Waals surface area contributed by atoms with Crippen molar-refractivity contribution in [3.8, 4) is 5.75 Å². The van der Waals surface area contributed by atoms with Crippen molar-refractivity contribution >= 4 is 29.9 Å². The zero-order valence-corrected chi connectivity index (χ0v) is 15.7. The van der Waals surface area contributed by atoms with Crippen LogP contribution in [0, 0.1) is 0 Å². The van der Waals surface area contributed by atoms with Gasteiger partial charge in [-0.2, -0.15) is 0 Å². The van der Waals surface area contributed by atoms with Gasteiger partial charge in [0.25, 0.3) is 0 Å². The van der Waals surface area contributed by atoms with Gasteiger partial charge in [0.2, 0.25) is 0 Å². The van der Waals surface area contributed by atoms with Gasteiger partial charge in [-0.1, -0.05) is 42.5 Å². The summed E-state index contributed by atoms with van der Waals surface area (Å²) in [7, 11) is 0. The topological polar surface area (TPSA) is 56.7 Å². The van der Waals surface area contributed by atoms with Crippen LogP contribution in [-0.2, 0) is 13.0 Å². The molecule has 2 aromatic carbocycles. The third kappa shape index (κ3) is 7.36. The van der Waals surface area contributed by atoms with Crippen LogP contribution in [0.5, 0.6) is 5.75 Å². The number of phenolic OH excluding ortho intramolecular Hbond substituents is 1. The SMILES string of the molecule is CCNC(=NCc1cccc(O)c1)NCCc1ccccc1.I. The van der Waals surface area contributed by atoms with E-state index in [1.165, 1.54) is 5.56 Å². The van der Waals surface area contributed by atoms with Crippen molar-refractivity contribution < 1.29 is 5.11 Å². The Morgan fingerprint density at radius 3 is 2.43 bits per heavy atom. The molecule has 2 aromatic rings. The van der Waals surface area contributed by atoms with Crippen LogP contribution < -0.4 is 10.6 Å². The fourth-order valence-corrected chi connectivity index (χ4v) is 2.14. The number of halogens is 1. The number of guanidine groups is 1. The van der Waals surface area contributed by atoms with Gasteiger partial charge in [-0.3, -0.25) is 0 Å². The van der Waals surface area contributed by atoms with Crippen LogP contribution in [0.2, 0.25) is 0 Å². The van der Waals surface area contributed by atoms with Crippen LogP contribution in [0.15, 0.2) is 59.6 Å². The van der Waals surface area contributed by atoms with Gasteiger partial charge in [0.05, 0.1) is 6.54 Å². The maximum absolute atomic E-state index is 9.47. The predicted molar refractivity (Wildman–Crippen MR) is 106 cm³/mol. The summed E-state index contributed by atoms with van der Waals surface area (Å²) in [4.78, 5) is 4.54. The molecule has 0 radical (unpaired) electrons. The van der Waals surface area contributed by atoms with Crippen molar-refractivity contribution in [2.75, 3.05) is 13.1 Å². The molecule has 4 nitrogen and oxygen atoms in total. The quantitative estimate of drug-likeness (QED) is 0.378. The molecule has 0 saturated carbocycles. The van der Waals surface area contributed by atoms with Crippen molar-refractivity contribution in [3.05, 3.63) is 65.7 Å². The van der Waals surface area contributed by atoms with Crippen molar-refractivity contribution in [1.29, 1.82) is 0 Å². The van der Waals surface area contributed by atoms with Gasteiger partial charge >= 0.3 is 0 Å². The van der Waals surface area contributed by atoms with Gasteiger partial charge in [-0.05, 0) is 36.6 Å². The molecule has 0 aromatic heterocycles. The fraction of sp³-hybridized carbons (Fsp3) is 0.278. The number of hydrogen-bond donors (Lipinski definition) is 3. The van der Waals surface area contributed by atoms with Crippen molar-refractivity contribution in [2.24, 2.45) is 4.99 Å². The summed E-state index contributed by atoms with van der Waals surface area (Å²) in [6.45, 7) is 4.23. The second-order valence-electron chi connectivity index (χ2n) is 5.03. The second kappa shape index (κ2) is 10.9. The number of hydrogen-bond acceptors (Lipinski definition) is 2. The van der Waals surface area contributed by atoms with Crippen LogP contribution in [0.1, 0.15) is 18.1 Å². The molecule has 0 fully saturated rings. The highest BCUT2D eigenvalue weighted by Gasteiger charge is 1.99. The average Bonchev–Trinajstić information content (AvgIpc) is 2.54. The minimum Gasteiger partial charge on any atom is -0.508 e. The molecule has 5 heteroatoms. The van der Waals surface area contributed by atoms with E-state index in [-0.39, 0.29) is 29.7 Å². The molecule has 0 unspecified atom stereocenters. The maximum atomic E-state index is 9.47. The number of aromatic hydroxyl groups is 1. The van der Waals surface area contributed by atoms with E-state index in [4.69, 9.17) is 0 Å². The summed E-state index contributed by atoms with van der Waals surface area (Å²) < 4.78 is 0. The van der Waals surface area contributed by atoms with E-state index in [1.54, 1.807) is 12.1 Å². The predicted octanol–water partition coefficient (Wildman–Crippen LogP) is 3.31. The summed E-state index contributed by atoms with van der Waals surface area (Å²) in [5.41, 5.74) is 2.29. The number of nitrogens with one attached hydrogen (secondary N) is 2. The first-order valence-corrected chi connectivity index (χ1v) is 7.62. The van der Waals surface area contributed by atoms with Gasteiger partial charge in [-0.25, -0.2) is 4.99 Å². The third-order valence-electron chi connectivity index (χ3n) is 3.22. The highest BCUT2D eigenvalue weighted by atomic mass is 127. The molecule has 0 amide bonds. The lowest BCUT2D eigenvalue weighted by Gasteiger charge is -2.11. The molecule has 0 aliphatic rings. The molecule has 0 bridgehead atoms. The number of aliphatic imine (C=N–C) groups is 1. The number of nitrogens with zero attached hydrogens (tertiary/aromatic N) is 1. The van der Waals surface area contributed by atoms with E-state index in [2.05, 4.69) is 39.9 Å². The Morgan fingerprint density at radius 1 is 1.00 bits per heavy atom. The molecule has 3 N–H and O–H groups in total. The number of benzene rings is 2. The Hall–Kier alpha value is -1.76. The van der Waals surface area contributed by atoms with Crippen molar-refractivity contribution in [1.82, 2.24) is 10.6 Å². The Labute approximate surface area is 155 Å². The second-order valence-corrected chi connectivity index (χ2v) is 5.03. The Bertz CT molecular complexity index is 602. The normalized spacial score (nSPS) is 10.7. The summed E-state index contributed by atoms with van der Waals surface area (Å²) in [6, 6.07) is 17.6. The molecule has 2 rings (SSSR count). The molecule has 0 spiro atoms. The zero-order chi connectivity index (χ0) is 15.6. The first-order valence-electron chi connectivity index (χ1n) is 7.62. The third-order valence-corrected chi connectivity index (χ3v) is 3.22. The van der Waals surface area contributed by atoms with Gasteiger partial charge in [0.15, 0.2) is 5.96 Å². The van der Waals surface area contributed by atoms with Crippen LogP contribution in [0.3, 0.4) is 0 Å². The number of phenols is 1. The van der Waals surface area contributed by atoms with E-state index in [0.717, 1.165) is 31.0 Å².